The van der Waals surface area contributed by atoms with E-state index in [9.17, 15) is 19.2 Å². The molecule has 5 N–H and O–H groups in total. The van der Waals surface area contributed by atoms with Crippen LogP contribution in [0.1, 0.15) is 371 Å². The molecule has 5 aliphatic heterocycles. The number of methoxy groups -OCH3 is 3. The first kappa shape index (κ1) is 131. The summed E-state index contributed by atoms with van der Waals surface area (Å²) in [5.41, 5.74) is 17.7. The van der Waals surface area contributed by atoms with Crippen LogP contribution in [0.25, 0.3) is 0 Å². The first-order valence-corrected chi connectivity index (χ1v) is 58.7. The lowest BCUT2D eigenvalue weighted by molar-refractivity contribution is -0.136. The molecule has 0 bridgehead atoms. The zero-order chi connectivity index (χ0) is 105. The van der Waals surface area contributed by atoms with Crippen molar-refractivity contribution in [2.24, 2.45) is 70.6 Å². The van der Waals surface area contributed by atoms with Gasteiger partial charge in [0.15, 0.2) is 0 Å². The van der Waals surface area contributed by atoms with E-state index in [-0.39, 0.29) is 71.6 Å². The second-order valence-corrected chi connectivity index (χ2v) is 43.7. The van der Waals surface area contributed by atoms with Gasteiger partial charge in [-0.3, -0.25) is 14.4 Å². The number of halogens is 4. The normalized spacial score (nSPS) is 20.6. The predicted octanol–water partition coefficient (Wildman–Crippen LogP) is 29.5. The van der Waals surface area contributed by atoms with Gasteiger partial charge in [0, 0.05) is 182 Å². The maximum atomic E-state index is 13.3. The first-order valence-electron chi connectivity index (χ1n) is 57.3. The molecule has 13 rings (SSSR count). The number of unbranched alkanes of at least 4 members (excludes halogenated alkanes) is 2. The van der Waals surface area contributed by atoms with Gasteiger partial charge >= 0.3 is 11.5 Å². The van der Waals surface area contributed by atoms with Gasteiger partial charge < -0.3 is 79.0 Å². The second-order valence-electron chi connectivity index (χ2n) is 42.5. The Morgan fingerprint density at radius 1 is 0.384 bits per heavy atom. The summed E-state index contributed by atoms with van der Waals surface area (Å²) in [6.45, 7) is 33.5. The molecule has 0 aromatic heterocycles. The van der Waals surface area contributed by atoms with Crippen molar-refractivity contribution in [1.82, 2.24) is 24.9 Å². The van der Waals surface area contributed by atoms with Crippen molar-refractivity contribution in [2.75, 3.05) is 152 Å². The molecule has 0 spiro atoms. The van der Waals surface area contributed by atoms with Crippen molar-refractivity contribution < 1.29 is 61.8 Å². The van der Waals surface area contributed by atoms with E-state index in [1.165, 1.54) is 144 Å². The fraction of sp³-hybridized carbons (Fsp3) is 0.721. The van der Waals surface area contributed by atoms with E-state index < -0.39 is 5.60 Å². The average Bonchev–Trinajstić information content (AvgIpc) is 0.902. The van der Waals surface area contributed by atoms with E-state index in [2.05, 4.69) is 158 Å². The van der Waals surface area contributed by atoms with Crippen LogP contribution in [0.4, 0.5) is 9.59 Å². The molecule has 5 aromatic rings. The van der Waals surface area contributed by atoms with E-state index in [0.717, 1.165) is 224 Å². The van der Waals surface area contributed by atoms with Gasteiger partial charge in [-0.2, -0.15) is 0 Å². The molecule has 0 radical (unpaired) electrons. The summed E-state index contributed by atoms with van der Waals surface area (Å²) in [6.07, 6.45) is 46.4. The lowest BCUT2D eigenvalue weighted by Gasteiger charge is -2.38. The maximum Gasteiger partial charge on any atom is 0.410 e. The second kappa shape index (κ2) is 81.2. The molecule has 13 atom stereocenters. The SMILES string of the molecule is CC.CCC(N)CC1CCCCC1.CCCCO[C@@H](c1ccccc1)[C@@H]1CCCN(C(=O)C[C@H](CC)CC2CCCCC2)C1.CCCCO[C@@H](c1ccccc1)[C@@H]1CCCN(C(=O)C[C@H](CN)CC2CCCCC2)C1.COCCCO[C@@H](c1ccccc1)[C@@H]1CCCN(C(=O)Cl)C1.COCCCO[C@@H](c1ccccc1)[C@@H]1CCCN(C(=O)OC(C)(C)C)C1.COCCCO[C@@H](c1ccccc1)[C@@H]1CCCNC1.Cl.ClCCl. The molecule has 3 aliphatic carbocycles. The van der Waals surface area contributed by atoms with Crippen molar-refractivity contribution in [3.8, 4) is 0 Å². The number of nitrogens with zero attached hydrogens (tertiary/aromatic N) is 4. The summed E-state index contributed by atoms with van der Waals surface area (Å²) < 4.78 is 52.1. The highest BCUT2D eigenvalue weighted by atomic mass is 35.5. The first-order chi connectivity index (χ1) is 70.7. The van der Waals surface area contributed by atoms with Gasteiger partial charge in [-0.25, -0.2) is 4.79 Å². The zero-order valence-electron chi connectivity index (χ0n) is 92.7. The minimum atomic E-state index is -0.473. The summed E-state index contributed by atoms with van der Waals surface area (Å²) >= 11 is 15.2. The van der Waals surface area contributed by atoms with E-state index in [1.807, 2.05) is 75.9 Å². The number of likely N-dealkylation sites (tertiary alicyclic amines) is 4. The maximum absolute atomic E-state index is 13.3. The van der Waals surface area contributed by atoms with Crippen molar-refractivity contribution >= 4 is 70.5 Å². The Labute approximate surface area is 907 Å². The fourth-order valence-corrected chi connectivity index (χ4v) is 22.3. The van der Waals surface area contributed by atoms with E-state index in [0.29, 0.717) is 99.9 Å². The van der Waals surface area contributed by atoms with E-state index >= 15 is 0 Å². The van der Waals surface area contributed by atoms with Gasteiger partial charge in [-0.1, -0.05) is 309 Å². The van der Waals surface area contributed by atoms with Crippen molar-refractivity contribution in [3.63, 3.8) is 0 Å². The minimum absolute atomic E-state index is 0. The monoisotopic (exact) mass is 2110 g/mol. The van der Waals surface area contributed by atoms with Crippen LogP contribution in [0, 0.1) is 59.2 Å². The lowest BCUT2D eigenvalue weighted by Crippen LogP contribution is -2.44. The van der Waals surface area contributed by atoms with Gasteiger partial charge in [0.25, 0.3) is 0 Å². The van der Waals surface area contributed by atoms with Crippen LogP contribution >= 0.6 is 47.2 Å². The van der Waals surface area contributed by atoms with Crippen LogP contribution in [0.5, 0.6) is 0 Å². The number of nitrogens with two attached hydrogens (primary N) is 2. The molecule has 3 saturated carbocycles. The number of carbonyl (C=O) groups is 4. The minimum Gasteiger partial charge on any atom is -0.444 e. The summed E-state index contributed by atoms with van der Waals surface area (Å²) in [5, 5.41) is 3.31. The van der Waals surface area contributed by atoms with Crippen LogP contribution in [-0.2, 0) is 52.2 Å². The molecule has 5 saturated heterocycles. The number of benzene rings is 5. The molecule has 1 unspecified atom stereocenters. The summed E-state index contributed by atoms with van der Waals surface area (Å²) in [7, 11) is 5.13. The predicted molar refractivity (Wildman–Crippen MR) is 608 cm³/mol. The highest BCUT2D eigenvalue weighted by Crippen LogP contribution is 2.42. The number of amides is 4. The average molecular weight is 2120 g/mol. The topological polar surface area (TPSA) is 228 Å². The fourth-order valence-electron chi connectivity index (χ4n) is 22.2. The van der Waals surface area contributed by atoms with Crippen LogP contribution in [0.3, 0.4) is 0 Å². The third-order valence-electron chi connectivity index (χ3n) is 30.0. The molecule has 8 fully saturated rings. The van der Waals surface area contributed by atoms with Gasteiger partial charge in [-0.05, 0) is 225 Å². The molecule has 830 valence electrons. The molecule has 5 aromatic carbocycles. The quantitative estimate of drug-likeness (QED) is 0.0142. The van der Waals surface area contributed by atoms with Gasteiger partial charge in [0.1, 0.15) is 5.60 Å². The Hall–Kier alpha value is -5.50. The van der Waals surface area contributed by atoms with E-state index in [4.69, 9.17) is 88.9 Å². The molecular weight excluding hydrogens is 1910 g/mol. The summed E-state index contributed by atoms with van der Waals surface area (Å²) in [5.74, 6) is 6.06. The lowest BCUT2D eigenvalue weighted by atomic mass is 9.80. The molecular formula is C122H201Cl4N7O13. The third kappa shape index (κ3) is 53.4. The number of alkyl halides is 2. The van der Waals surface area contributed by atoms with Crippen molar-refractivity contribution in [1.29, 1.82) is 0 Å². The van der Waals surface area contributed by atoms with Gasteiger partial charge in [0.05, 0.1) is 35.9 Å². The van der Waals surface area contributed by atoms with Crippen molar-refractivity contribution in [2.45, 2.75) is 355 Å². The summed E-state index contributed by atoms with van der Waals surface area (Å²) in [4.78, 5) is 58.2. The molecule has 20 nitrogen and oxygen atoms in total. The van der Waals surface area contributed by atoms with Crippen molar-refractivity contribution in [3.05, 3.63) is 179 Å². The number of ether oxygens (including phenoxy) is 9. The third-order valence-corrected chi connectivity index (χ3v) is 30.3. The summed E-state index contributed by atoms with van der Waals surface area (Å²) in [6, 6.07) is 52.8. The Morgan fingerprint density at radius 2 is 0.678 bits per heavy atom. The van der Waals surface area contributed by atoms with Gasteiger partial charge in [0.2, 0.25) is 11.8 Å². The zero-order valence-corrected chi connectivity index (χ0v) is 95.8. The Morgan fingerprint density at radius 3 is 0.979 bits per heavy atom. The smallest absolute Gasteiger partial charge is 0.410 e. The highest BCUT2D eigenvalue weighted by molar-refractivity contribution is 6.62. The number of hydrogen-bond donors (Lipinski definition) is 3. The highest BCUT2D eigenvalue weighted by Gasteiger charge is 2.38. The molecule has 4 amide bonds. The molecule has 24 heteroatoms. The Kier molecular flexibility index (Phi) is 72.9. The van der Waals surface area contributed by atoms with Gasteiger partial charge in [-0.15, -0.1) is 35.6 Å². The molecule has 5 heterocycles. The number of piperidine rings is 5. The number of rotatable bonds is 46. The Balaban J connectivity index is 0.000000311. The number of hydrogen-bond acceptors (Lipinski definition) is 16. The largest absolute Gasteiger partial charge is 0.444 e. The Bertz CT molecular complexity index is 3860. The molecule has 146 heavy (non-hydrogen) atoms. The van der Waals surface area contributed by atoms with Crippen LogP contribution < -0.4 is 16.8 Å². The molecule has 8 aliphatic rings. The number of nitrogens with one attached hydrogen (secondary N) is 1. The van der Waals surface area contributed by atoms with E-state index in [1.54, 1.807) is 26.2 Å². The standard InChI is InChI=1S/C28H45NO2.C27H44N2O2.C21H33NO4.C17H24ClNO3.C16H25NO2.C10H21N.C2H6.CH2Cl2.ClH/c1-3-5-19-31-28(25-15-10-7-11-16-25)26-17-12-18-29(22-26)27(30)21-23(4-2)20-24-13-8-6-9-14-24;1-2-3-17-31-27(24-13-8-5-9-14-24)25-15-10-16-29(21-25)26(30)19-23(20-28)18-22-11-6-4-7-12-22;1-21(2,3)26-20(23)22-13-8-12-18(16-22)19(25-15-9-14-24-4)17-10-6-5-7-11-17;1-21-11-6-12-22-16(14-7-3-2-4-8-14)15-9-5-10-19(13-15)17(18)20;1-18-11-6-12-19-16(14-7-3-2-4-8-14)15-9-5-10-17-13-15;1-2-10(11)8-9-6-4-3-5-7-9;1-2;2-1-3;/h7,10-11,15-16,23-24,26,28H,3-6,8-9,12-14,17-22H2,1-2H3;5,8-9,13-14,22-23,25,27H,2-4,6-7,10-12,15-21,28H2,1H3;5-7,10-11,18-19H,8-9,12-16H2,1-4H3;2-4,7-8,15-16H,5-6,9-13H2,1H3;2-4,7-8,15-17H,5-6,9-13H2,1H3;9-10H,2-8,11H2,1H3;1-2H3;1H2;1H/t23-,26-,28+;23-,25-,27+;18-,19+;2*15-,16+;;;;/m11111..../s1. The van der Waals surface area contributed by atoms with Crippen LogP contribution in [0.15, 0.2) is 152 Å². The van der Waals surface area contributed by atoms with Crippen LogP contribution in [0.2, 0.25) is 0 Å². The van der Waals surface area contributed by atoms with Crippen LogP contribution in [-0.4, -0.2) is 206 Å². The number of carbonyl (C=O) groups excluding carboxylic acids is 4.